The predicted molar refractivity (Wildman–Crippen MR) is 98.4 cm³/mol. The number of likely N-dealkylation sites (N-methyl/N-ethyl adjacent to an activating group) is 1. The van der Waals surface area contributed by atoms with Crippen molar-refractivity contribution in [3.63, 3.8) is 0 Å². The van der Waals surface area contributed by atoms with Crippen LogP contribution in [0.25, 0.3) is 0 Å². The van der Waals surface area contributed by atoms with Gasteiger partial charge in [-0.3, -0.25) is 4.90 Å². The normalized spacial score (nSPS) is 21.3. The Morgan fingerprint density at radius 2 is 1.93 bits per heavy atom. The Bertz CT molecular complexity index is 791. The molecule has 0 aromatic heterocycles. The second kappa shape index (κ2) is 8.66. The lowest BCUT2D eigenvalue weighted by molar-refractivity contribution is -0.139. The maximum atomic E-state index is 13.8. The number of urea groups is 1. The van der Waals surface area contributed by atoms with Crippen molar-refractivity contribution < 1.29 is 23.1 Å². The molecule has 1 fully saturated rings. The lowest BCUT2D eigenvalue weighted by Gasteiger charge is -2.35. The number of esters is 1. The zero-order valence-electron chi connectivity index (χ0n) is 15.9. The van der Waals surface area contributed by atoms with Crippen molar-refractivity contribution in [3.8, 4) is 0 Å². The Balaban J connectivity index is 1.97. The molecule has 0 bridgehead atoms. The minimum atomic E-state index is -1.05. The molecule has 2 heterocycles. The minimum absolute atomic E-state index is 0.155. The Morgan fingerprint density at radius 1 is 1.21 bits per heavy atom. The van der Waals surface area contributed by atoms with Crippen molar-refractivity contribution in [1.82, 2.24) is 20.4 Å². The zero-order chi connectivity index (χ0) is 20.3. The molecule has 2 aliphatic rings. The molecule has 0 aliphatic carbocycles. The van der Waals surface area contributed by atoms with E-state index in [1.54, 1.807) is 6.92 Å². The first kappa shape index (κ1) is 20.2. The first-order valence-corrected chi connectivity index (χ1v) is 9.22. The molecular weight excluding hydrogens is 370 g/mol. The lowest BCUT2D eigenvalue weighted by atomic mass is 9.94. The maximum Gasteiger partial charge on any atom is 0.338 e. The summed E-state index contributed by atoms with van der Waals surface area (Å²) in [6, 6.07) is 1.87. The van der Waals surface area contributed by atoms with Gasteiger partial charge in [-0.05, 0) is 31.7 Å². The van der Waals surface area contributed by atoms with Crippen molar-refractivity contribution >= 4 is 12.0 Å². The van der Waals surface area contributed by atoms with E-state index in [1.165, 1.54) is 6.07 Å². The van der Waals surface area contributed by atoms with E-state index in [1.807, 2.05) is 7.05 Å². The lowest BCUT2D eigenvalue weighted by Crippen LogP contribution is -2.51. The van der Waals surface area contributed by atoms with E-state index in [0.29, 0.717) is 12.2 Å². The van der Waals surface area contributed by atoms with Gasteiger partial charge in [-0.25, -0.2) is 18.4 Å². The van der Waals surface area contributed by atoms with Crippen LogP contribution in [0.3, 0.4) is 0 Å². The molecule has 0 saturated carbocycles. The van der Waals surface area contributed by atoms with Gasteiger partial charge in [0.05, 0.1) is 18.2 Å². The van der Waals surface area contributed by atoms with Crippen molar-refractivity contribution in [3.05, 3.63) is 46.7 Å². The number of hydrogen-bond donors (Lipinski definition) is 2. The highest BCUT2D eigenvalue weighted by atomic mass is 19.2. The summed E-state index contributed by atoms with van der Waals surface area (Å²) in [6.07, 6.45) is 0. The summed E-state index contributed by atoms with van der Waals surface area (Å²) in [5.41, 5.74) is 0.889. The first-order chi connectivity index (χ1) is 13.4. The molecule has 7 nitrogen and oxygen atoms in total. The van der Waals surface area contributed by atoms with Crippen LogP contribution in [0.15, 0.2) is 29.5 Å². The average Bonchev–Trinajstić information content (AvgIpc) is 2.65. The molecule has 2 aliphatic heterocycles. The van der Waals surface area contributed by atoms with Crippen molar-refractivity contribution in [2.45, 2.75) is 13.0 Å². The maximum absolute atomic E-state index is 13.8. The number of hydrogen-bond acceptors (Lipinski definition) is 5. The third-order valence-corrected chi connectivity index (χ3v) is 4.90. The molecule has 2 N–H and O–H groups in total. The predicted octanol–water partition coefficient (Wildman–Crippen LogP) is 1.38. The Morgan fingerprint density at radius 3 is 2.57 bits per heavy atom. The molecular formula is C19H24F2N4O3. The Labute approximate surface area is 162 Å². The SMILES string of the molecule is CCOC(=O)C1=C(CN2CCN(C)CC2)NC(=O)N[C@H]1c1ccc(F)c(F)c1. The number of benzene rings is 1. The number of halogens is 2. The summed E-state index contributed by atoms with van der Waals surface area (Å²) in [6.45, 7) is 5.52. The van der Waals surface area contributed by atoms with Crippen LogP contribution in [0, 0.1) is 11.6 Å². The smallest absolute Gasteiger partial charge is 0.338 e. The number of ether oxygens (including phenoxy) is 1. The summed E-state index contributed by atoms with van der Waals surface area (Å²) < 4.78 is 32.3. The molecule has 3 rings (SSSR count). The molecule has 2 amide bonds. The summed E-state index contributed by atoms with van der Waals surface area (Å²) in [4.78, 5) is 29.2. The number of rotatable bonds is 5. The molecule has 152 valence electrons. The average molecular weight is 394 g/mol. The van der Waals surface area contributed by atoms with E-state index in [4.69, 9.17) is 4.74 Å². The fourth-order valence-electron chi connectivity index (χ4n) is 3.36. The second-order valence-electron chi connectivity index (χ2n) is 6.90. The summed E-state index contributed by atoms with van der Waals surface area (Å²) in [5, 5.41) is 5.31. The molecule has 1 atom stereocenters. The highest BCUT2D eigenvalue weighted by Gasteiger charge is 2.35. The molecule has 9 heteroatoms. The van der Waals surface area contributed by atoms with Crippen molar-refractivity contribution in [2.24, 2.45) is 0 Å². The van der Waals surface area contributed by atoms with Gasteiger partial charge in [0.2, 0.25) is 0 Å². The van der Waals surface area contributed by atoms with Gasteiger partial charge >= 0.3 is 12.0 Å². The van der Waals surface area contributed by atoms with Crippen LogP contribution in [0.2, 0.25) is 0 Å². The number of nitrogens with one attached hydrogen (secondary N) is 2. The van der Waals surface area contributed by atoms with E-state index < -0.39 is 29.7 Å². The summed E-state index contributed by atoms with van der Waals surface area (Å²) >= 11 is 0. The highest BCUT2D eigenvalue weighted by Crippen LogP contribution is 2.29. The van der Waals surface area contributed by atoms with Crippen molar-refractivity contribution in [2.75, 3.05) is 46.4 Å². The third-order valence-electron chi connectivity index (χ3n) is 4.90. The van der Waals surface area contributed by atoms with Gasteiger partial charge in [0.15, 0.2) is 11.6 Å². The summed E-state index contributed by atoms with van der Waals surface area (Å²) in [7, 11) is 2.03. The van der Waals surface area contributed by atoms with Crippen molar-refractivity contribution in [1.29, 1.82) is 0 Å². The quantitative estimate of drug-likeness (QED) is 0.739. The fourth-order valence-corrected chi connectivity index (χ4v) is 3.36. The molecule has 1 aromatic carbocycles. The van der Waals surface area contributed by atoms with Crippen LogP contribution in [-0.4, -0.2) is 68.2 Å². The van der Waals surface area contributed by atoms with E-state index in [2.05, 4.69) is 20.4 Å². The van der Waals surface area contributed by atoms with Gasteiger partial charge in [-0.15, -0.1) is 0 Å². The summed E-state index contributed by atoms with van der Waals surface area (Å²) in [5.74, 6) is -2.65. The number of amides is 2. The standard InChI is InChI=1S/C19H24F2N4O3/c1-3-28-18(26)16-15(11-25-8-6-24(2)7-9-25)22-19(27)23-17(16)12-4-5-13(20)14(21)10-12/h4-5,10,17H,3,6-9,11H2,1-2H3,(H2,22,23,27)/t17-/m0/s1. The largest absolute Gasteiger partial charge is 0.463 e. The monoisotopic (exact) mass is 394 g/mol. The van der Waals surface area contributed by atoms with E-state index in [0.717, 1.165) is 38.3 Å². The van der Waals surface area contributed by atoms with Gasteiger partial charge in [0.25, 0.3) is 0 Å². The highest BCUT2D eigenvalue weighted by molar-refractivity contribution is 5.95. The minimum Gasteiger partial charge on any atom is -0.463 e. The van der Waals surface area contributed by atoms with Gasteiger partial charge in [-0.1, -0.05) is 6.07 Å². The van der Waals surface area contributed by atoms with Crippen LogP contribution in [0.5, 0.6) is 0 Å². The third kappa shape index (κ3) is 4.48. The number of nitrogens with zero attached hydrogens (tertiary/aromatic N) is 2. The van der Waals surface area contributed by atoms with Crippen LogP contribution in [0.4, 0.5) is 13.6 Å². The molecule has 0 spiro atoms. The molecule has 28 heavy (non-hydrogen) atoms. The van der Waals surface area contributed by atoms with E-state index in [9.17, 15) is 18.4 Å². The topological polar surface area (TPSA) is 73.9 Å². The van der Waals surface area contributed by atoms with Gasteiger partial charge in [0.1, 0.15) is 0 Å². The molecule has 1 aromatic rings. The molecule has 0 radical (unpaired) electrons. The van der Waals surface area contributed by atoms with Crippen LogP contribution in [0.1, 0.15) is 18.5 Å². The van der Waals surface area contributed by atoms with Gasteiger partial charge < -0.3 is 20.3 Å². The van der Waals surface area contributed by atoms with E-state index in [-0.39, 0.29) is 17.7 Å². The van der Waals surface area contributed by atoms with Gasteiger partial charge in [-0.2, -0.15) is 0 Å². The van der Waals surface area contributed by atoms with E-state index >= 15 is 0 Å². The van der Waals surface area contributed by atoms with Crippen LogP contribution >= 0.6 is 0 Å². The van der Waals surface area contributed by atoms with Crippen LogP contribution in [-0.2, 0) is 9.53 Å². The zero-order valence-corrected chi connectivity index (χ0v) is 15.9. The molecule has 0 unspecified atom stereocenters. The molecule has 1 saturated heterocycles. The Kier molecular flexibility index (Phi) is 6.25. The number of carbonyl (C=O) groups is 2. The van der Waals surface area contributed by atoms with Gasteiger partial charge in [0, 0.05) is 38.4 Å². The van der Waals surface area contributed by atoms with Crippen LogP contribution < -0.4 is 10.6 Å². The number of piperazine rings is 1. The first-order valence-electron chi connectivity index (χ1n) is 9.22. The number of carbonyl (C=O) groups excluding carboxylic acids is 2. The Hall–Kier alpha value is -2.52. The fraction of sp³-hybridized carbons (Fsp3) is 0.474. The second-order valence-corrected chi connectivity index (χ2v) is 6.90.